The Morgan fingerprint density at radius 2 is 2.14 bits per heavy atom. The first-order valence-corrected chi connectivity index (χ1v) is 7.34. The van der Waals surface area contributed by atoms with Gasteiger partial charge in [-0.15, -0.1) is 11.3 Å². The Morgan fingerprint density at radius 3 is 2.82 bits per heavy atom. The molecule has 0 fully saturated rings. The summed E-state index contributed by atoms with van der Waals surface area (Å²) in [5, 5.41) is 0.357. The quantitative estimate of drug-likeness (QED) is 0.775. The third-order valence-electron chi connectivity index (χ3n) is 3.39. The summed E-state index contributed by atoms with van der Waals surface area (Å²) >= 11 is 1.08. The van der Waals surface area contributed by atoms with Crippen LogP contribution in [-0.2, 0) is 6.42 Å². The van der Waals surface area contributed by atoms with E-state index in [2.05, 4.69) is 9.97 Å². The Hall–Kier alpha value is -2.54. The van der Waals surface area contributed by atoms with Crippen LogP contribution in [0.5, 0.6) is 0 Å². The molecule has 2 aromatic heterocycles. The van der Waals surface area contributed by atoms with E-state index in [1.54, 1.807) is 25.1 Å². The maximum atomic E-state index is 13.7. The zero-order chi connectivity index (χ0) is 15.9. The average molecular weight is 317 g/mol. The highest BCUT2D eigenvalue weighted by molar-refractivity contribution is 7.20. The Morgan fingerprint density at radius 1 is 1.41 bits per heavy atom. The van der Waals surface area contributed by atoms with Crippen molar-refractivity contribution in [3.8, 4) is 0 Å². The summed E-state index contributed by atoms with van der Waals surface area (Å²) in [6, 6.07) is 6.30. The molecule has 0 atom stereocenters. The van der Waals surface area contributed by atoms with Crippen molar-refractivity contribution in [2.75, 3.05) is 0 Å². The van der Waals surface area contributed by atoms with Gasteiger partial charge in [-0.3, -0.25) is 9.59 Å². The number of nitrogens with one attached hydrogen (secondary N) is 1. The number of benzene rings is 1. The van der Waals surface area contributed by atoms with Crippen molar-refractivity contribution in [2.24, 2.45) is 5.73 Å². The van der Waals surface area contributed by atoms with Gasteiger partial charge in [0, 0.05) is 6.42 Å². The van der Waals surface area contributed by atoms with Crippen LogP contribution in [0, 0.1) is 12.7 Å². The molecule has 3 rings (SSSR count). The number of primary amides is 1. The number of carbonyl (C=O) groups excluding carboxylic acids is 1. The normalized spacial score (nSPS) is 11.0. The van der Waals surface area contributed by atoms with E-state index in [1.165, 1.54) is 6.07 Å². The number of aromatic amines is 1. The van der Waals surface area contributed by atoms with Crippen LogP contribution in [0.2, 0.25) is 0 Å². The fraction of sp³-hybridized carbons (Fsp3) is 0.133. The standard InChI is InChI=1S/C15H12FN3O2S/c1-7-11-14(21)18-10(6-8-4-2-3-5-9(8)16)19-15(11)22-12(7)13(17)20/h2-5H,6H2,1H3,(H2,17,20)(H,18,19,21). The molecule has 0 aliphatic rings. The number of amides is 1. The molecule has 0 radical (unpaired) electrons. The van der Waals surface area contributed by atoms with Gasteiger partial charge in [-0.1, -0.05) is 18.2 Å². The highest BCUT2D eigenvalue weighted by atomic mass is 32.1. The van der Waals surface area contributed by atoms with Crippen molar-refractivity contribution in [1.82, 2.24) is 9.97 Å². The summed E-state index contributed by atoms with van der Waals surface area (Å²) in [6.07, 6.45) is 0.167. The molecular weight excluding hydrogens is 305 g/mol. The number of hydrogen-bond acceptors (Lipinski definition) is 4. The van der Waals surface area contributed by atoms with Crippen LogP contribution in [0.4, 0.5) is 4.39 Å². The van der Waals surface area contributed by atoms with Crippen molar-refractivity contribution >= 4 is 27.5 Å². The number of nitrogens with zero attached hydrogens (tertiary/aromatic N) is 1. The highest BCUT2D eigenvalue weighted by Gasteiger charge is 2.17. The first-order chi connectivity index (χ1) is 10.5. The third kappa shape index (κ3) is 2.39. The van der Waals surface area contributed by atoms with Gasteiger partial charge in [0.25, 0.3) is 11.5 Å². The van der Waals surface area contributed by atoms with Crippen molar-refractivity contribution in [2.45, 2.75) is 13.3 Å². The summed E-state index contributed by atoms with van der Waals surface area (Å²) < 4.78 is 13.7. The number of hydrogen-bond donors (Lipinski definition) is 2. The van der Waals surface area contributed by atoms with Crippen LogP contribution in [0.15, 0.2) is 29.1 Å². The summed E-state index contributed by atoms with van der Waals surface area (Å²) in [7, 11) is 0. The van der Waals surface area contributed by atoms with E-state index in [0.29, 0.717) is 32.0 Å². The Kier molecular flexibility index (Phi) is 3.50. The molecule has 112 valence electrons. The third-order valence-corrected chi connectivity index (χ3v) is 4.59. The van der Waals surface area contributed by atoms with Crippen molar-refractivity contribution in [1.29, 1.82) is 0 Å². The first-order valence-electron chi connectivity index (χ1n) is 6.53. The lowest BCUT2D eigenvalue weighted by Crippen LogP contribution is -2.13. The Labute approximate surface area is 128 Å². The number of nitrogens with two attached hydrogens (primary N) is 1. The minimum absolute atomic E-state index is 0.167. The zero-order valence-electron chi connectivity index (χ0n) is 11.6. The Bertz CT molecular complexity index is 946. The second-order valence-electron chi connectivity index (χ2n) is 4.88. The SMILES string of the molecule is Cc1c(C(N)=O)sc2nc(Cc3ccccc3F)[nH]c(=O)c12. The molecule has 0 unspecified atom stereocenters. The van der Waals surface area contributed by atoms with Gasteiger partial charge in [0.15, 0.2) is 0 Å². The molecule has 1 amide bonds. The molecule has 0 saturated carbocycles. The van der Waals surface area contributed by atoms with E-state index in [4.69, 9.17) is 5.73 Å². The topological polar surface area (TPSA) is 88.8 Å². The molecule has 3 aromatic rings. The van der Waals surface area contributed by atoms with E-state index >= 15 is 0 Å². The monoisotopic (exact) mass is 317 g/mol. The van der Waals surface area contributed by atoms with Crippen molar-refractivity contribution in [3.63, 3.8) is 0 Å². The second kappa shape index (κ2) is 5.34. The number of aromatic nitrogens is 2. The molecule has 0 bridgehead atoms. The van der Waals surface area contributed by atoms with Gasteiger partial charge >= 0.3 is 0 Å². The minimum Gasteiger partial charge on any atom is -0.365 e. The molecule has 2 heterocycles. The Balaban J connectivity index is 2.12. The van der Waals surface area contributed by atoms with E-state index in [0.717, 1.165) is 11.3 Å². The minimum atomic E-state index is -0.587. The van der Waals surface area contributed by atoms with E-state index in [9.17, 15) is 14.0 Å². The van der Waals surface area contributed by atoms with Gasteiger partial charge in [0.05, 0.1) is 10.3 Å². The maximum absolute atomic E-state index is 13.7. The second-order valence-corrected chi connectivity index (χ2v) is 5.88. The first kappa shape index (κ1) is 14.4. The lowest BCUT2D eigenvalue weighted by molar-refractivity contribution is 0.100. The molecule has 3 N–H and O–H groups in total. The predicted molar refractivity (Wildman–Crippen MR) is 82.7 cm³/mol. The number of thiophene rings is 1. The van der Waals surface area contributed by atoms with Crippen LogP contribution in [0.3, 0.4) is 0 Å². The summed E-state index contributed by atoms with van der Waals surface area (Å²) in [4.78, 5) is 31.3. The van der Waals surface area contributed by atoms with Crippen molar-refractivity contribution < 1.29 is 9.18 Å². The molecule has 7 heteroatoms. The van der Waals surface area contributed by atoms with Gasteiger partial charge in [-0.25, -0.2) is 9.37 Å². The van der Waals surface area contributed by atoms with Gasteiger partial charge in [-0.05, 0) is 24.1 Å². The smallest absolute Gasteiger partial charge is 0.259 e. The molecule has 5 nitrogen and oxygen atoms in total. The molecule has 0 saturated heterocycles. The zero-order valence-corrected chi connectivity index (χ0v) is 12.5. The molecule has 1 aromatic carbocycles. The van der Waals surface area contributed by atoms with Gasteiger partial charge in [0.2, 0.25) is 0 Å². The van der Waals surface area contributed by atoms with Gasteiger partial charge < -0.3 is 10.7 Å². The van der Waals surface area contributed by atoms with E-state index in [-0.39, 0.29) is 17.8 Å². The fourth-order valence-corrected chi connectivity index (χ4v) is 3.38. The lowest BCUT2D eigenvalue weighted by Gasteiger charge is -2.03. The fourth-order valence-electron chi connectivity index (χ4n) is 2.33. The van der Waals surface area contributed by atoms with Crippen molar-refractivity contribution in [3.05, 3.63) is 62.3 Å². The van der Waals surface area contributed by atoms with E-state index in [1.807, 2.05) is 0 Å². The lowest BCUT2D eigenvalue weighted by atomic mass is 10.1. The summed E-state index contributed by atoms with van der Waals surface area (Å²) in [5.41, 5.74) is 5.91. The predicted octanol–water partition coefficient (Wildman–Crippen LogP) is 2.12. The maximum Gasteiger partial charge on any atom is 0.259 e. The van der Waals surface area contributed by atoms with Crippen LogP contribution in [0.25, 0.3) is 10.2 Å². The van der Waals surface area contributed by atoms with Crippen LogP contribution in [0.1, 0.15) is 26.6 Å². The van der Waals surface area contributed by atoms with Crippen LogP contribution in [-0.4, -0.2) is 15.9 Å². The number of carbonyl (C=O) groups is 1. The molecule has 0 aliphatic carbocycles. The highest BCUT2D eigenvalue weighted by Crippen LogP contribution is 2.26. The van der Waals surface area contributed by atoms with Crippen LogP contribution >= 0.6 is 11.3 Å². The molecular formula is C15H12FN3O2S. The summed E-state index contributed by atoms with van der Waals surface area (Å²) in [5.74, 6) is -0.596. The number of aryl methyl sites for hydroxylation is 1. The number of fused-ring (bicyclic) bond motifs is 1. The van der Waals surface area contributed by atoms with Gasteiger partial charge in [-0.2, -0.15) is 0 Å². The summed E-state index contributed by atoms with van der Waals surface area (Å²) in [6.45, 7) is 1.66. The number of halogens is 1. The molecule has 0 spiro atoms. The number of rotatable bonds is 3. The molecule has 22 heavy (non-hydrogen) atoms. The van der Waals surface area contributed by atoms with Gasteiger partial charge in [0.1, 0.15) is 16.5 Å². The number of H-pyrrole nitrogens is 1. The van der Waals surface area contributed by atoms with E-state index < -0.39 is 5.91 Å². The molecule has 0 aliphatic heterocycles. The largest absolute Gasteiger partial charge is 0.365 e. The van der Waals surface area contributed by atoms with Crippen LogP contribution < -0.4 is 11.3 Å². The average Bonchev–Trinajstić information content (AvgIpc) is 2.79.